The van der Waals surface area contributed by atoms with Gasteiger partial charge in [-0.25, -0.2) is 0 Å². The number of nitrogens with zero attached hydrogens (tertiary/aromatic N) is 1. The Kier molecular flexibility index (Phi) is 5.15. The summed E-state index contributed by atoms with van der Waals surface area (Å²) < 4.78 is 0.809. The van der Waals surface area contributed by atoms with Gasteiger partial charge in [0, 0.05) is 4.47 Å². The number of rotatable bonds is 3. The molecule has 0 aliphatic heterocycles. The van der Waals surface area contributed by atoms with E-state index in [1.54, 1.807) is 24.3 Å². The first-order valence-corrected chi connectivity index (χ1v) is 7.21. The SMILES string of the molecule is N#CC(=Cc1ccccc1Br)C(=O)Nc1ccccc1Cl. The van der Waals surface area contributed by atoms with Crippen LogP contribution < -0.4 is 5.32 Å². The van der Waals surface area contributed by atoms with E-state index in [4.69, 9.17) is 16.9 Å². The minimum Gasteiger partial charge on any atom is -0.320 e. The maximum atomic E-state index is 12.1. The van der Waals surface area contributed by atoms with Gasteiger partial charge in [0.05, 0.1) is 10.7 Å². The van der Waals surface area contributed by atoms with Gasteiger partial charge in [0.1, 0.15) is 11.6 Å². The van der Waals surface area contributed by atoms with E-state index >= 15 is 0 Å². The molecule has 0 fully saturated rings. The van der Waals surface area contributed by atoms with Crippen molar-refractivity contribution in [3.05, 3.63) is 69.2 Å². The molecule has 1 N–H and O–H groups in total. The Morgan fingerprint density at radius 1 is 1.19 bits per heavy atom. The molecule has 0 radical (unpaired) electrons. The molecule has 2 aromatic rings. The number of carbonyl (C=O) groups excluding carboxylic acids is 1. The van der Waals surface area contributed by atoms with E-state index in [0.29, 0.717) is 10.7 Å². The molecule has 0 bridgehead atoms. The molecule has 0 aliphatic carbocycles. The van der Waals surface area contributed by atoms with E-state index in [1.807, 2.05) is 30.3 Å². The second-order valence-electron chi connectivity index (χ2n) is 4.13. The van der Waals surface area contributed by atoms with Gasteiger partial charge in [0.15, 0.2) is 0 Å². The number of anilines is 1. The first-order valence-electron chi connectivity index (χ1n) is 6.04. The third kappa shape index (κ3) is 3.94. The minimum absolute atomic E-state index is 0.00168. The van der Waals surface area contributed by atoms with Crippen LogP contribution >= 0.6 is 27.5 Å². The molecule has 0 atom stereocenters. The number of amides is 1. The highest BCUT2D eigenvalue weighted by molar-refractivity contribution is 9.10. The molecule has 5 heteroatoms. The van der Waals surface area contributed by atoms with Gasteiger partial charge in [-0.05, 0) is 29.8 Å². The molecule has 0 saturated heterocycles. The summed E-state index contributed by atoms with van der Waals surface area (Å²) in [6.07, 6.45) is 1.52. The van der Waals surface area contributed by atoms with E-state index in [2.05, 4.69) is 21.2 Å². The first-order chi connectivity index (χ1) is 10.1. The van der Waals surface area contributed by atoms with Crippen molar-refractivity contribution in [2.24, 2.45) is 0 Å². The fourth-order valence-electron chi connectivity index (χ4n) is 1.65. The molecule has 2 rings (SSSR count). The van der Waals surface area contributed by atoms with Gasteiger partial charge in [-0.15, -0.1) is 0 Å². The van der Waals surface area contributed by atoms with Crippen molar-refractivity contribution in [1.82, 2.24) is 0 Å². The third-order valence-electron chi connectivity index (χ3n) is 2.69. The molecular formula is C16H10BrClN2O. The van der Waals surface area contributed by atoms with Gasteiger partial charge in [-0.2, -0.15) is 5.26 Å². The van der Waals surface area contributed by atoms with Crippen LogP contribution in [0, 0.1) is 11.3 Å². The molecule has 104 valence electrons. The maximum Gasteiger partial charge on any atom is 0.266 e. The largest absolute Gasteiger partial charge is 0.320 e. The van der Waals surface area contributed by atoms with Crippen LogP contribution in [0.1, 0.15) is 5.56 Å². The number of nitrogens with one attached hydrogen (secondary N) is 1. The molecule has 21 heavy (non-hydrogen) atoms. The van der Waals surface area contributed by atoms with E-state index in [-0.39, 0.29) is 5.57 Å². The number of para-hydroxylation sites is 1. The highest BCUT2D eigenvalue weighted by Crippen LogP contribution is 2.22. The lowest BCUT2D eigenvalue weighted by molar-refractivity contribution is -0.112. The van der Waals surface area contributed by atoms with Crippen LogP contribution in [0.15, 0.2) is 58.6 Å². The molecule has 2 aromatic carbocycles. The van der Waals surface area contributed by atoms with E-state index in [1.165, 1.54) is 6.08 Å². The average Bonchev–Trinajstić information content (AvgIpc) is 2.48. The van der Waals surface area contributed by atoms with Crippen molar-refractivity contribution in [1.29, 1.82) is 5.26 Å². The topological polar surface area (TPSA) is 52.9 Å². The molecule has 0 spiro atoms. The first kappa shape index (κ1) is 15.3. The fourth-order valence-corrected chi connectivity index (χ4v) is 2.23. The third-order valence-corrected chi connectivity index (χ3v) is 3.74. The van der Waals surface area contributed by atoms with Crippen LogP contribution in [0.2, 0.25) is 5.02 Å². The number of halogens is 2. The molecule has 1 amide bonds. The number of hydrogen-bond donors (Lipinski definition) is 1. The molecule has 0 heterocycles. The summed E-state index contributed by atoms with van der Waals surface area (Å²) in [5, 5.41) is 12.2. The van der Waals surface area contributed by atoms with Gasteiger partial charge >= 0.3 is 0 Å². The van der Waals surface area contributed by atoms with Gasteiger partial charge in [-0.1, -0.05) is 57.9 Å². The van der Waals surface area contributed by atoms with Crippen LogP contribution in [0.25, 0.3) is 6.08 Å². The van der Waals surface area contributed by atoms with Crippen molar-refractivity contribution in [3.8, 4) is 6.07 Å². The summed E-state index contributed by atoms with van der Waals surface area (Å²) in [6.45, 7) is 0. The van der Waals surface area contributed by atoms with Crippen LogP contribution in [-0.4, -0.2) is 5.91 Å². The van der Waals surface area contributed by atoms with Crippen LogP contribution in [-0.2, 0) is 4.79 Å². The molecule has 0 aliphatic rings. The monoisotopic (exact) mass is 360 g/mol. The molecular weight excluding hydrogens is 352 g/mol. The molecule has 0 unspecified atom stereocenters. The van der Waals surface area contributed by atoms with E-state index in [9.17, 15) is 4.79 Å². The smallest absolute Gasteiger partial charge is 0.266 e. The van der Waals surface area contributed by atoms with Crippen molar-refractivity contribution in [2.45, 2.75) is 0 Å². The Morgan fingerprint density at radius 2 is 1.86 bits per heavy atom. The zero-order chi connectivity index (χ0) is 15.2. The van der Waals surface area contributed by atoms with Gasteiger partial charge < -0.3 is 5.32 Å². The zero-order valence-electron chi connectivity index (χ0n) is 10.8. The lowest BCUT2D eigenvalue weighted by atomic mass is 10.1. The van der Waals surface area contributed by atoms with Crippen molar-refractivity contribution < 1.29 is 4.79 Å². The summed E-state index contributed by atoms with van der Waals surface area (Å²) in [7, 11) is 0. The zero-order valence-corrected chi connectivity index (χ0v) is 13.1. The Labute approximate surface area is 136 Å². The molecule has 0 aromatic heterocycles. The number of carbonyl (C=O) groups is 1. The van der Waals surface area contributed by atoms with Crippen molar-refractivity contribution in [3.63, 3.8) is 0 Å². The molecule has 0 saturated carbocycles. The highest BCUT2D eigenvalue weighted by Gasteiger charge is 2.11. The van der Waals surface area contributed by atoms with Crippen LogP contribution in [0.3, 0.4) is 0 Å². The van der Waals surface area contributed by atoms with E-state index < -0.39 is 5.91 Å². The minimum atomic E-state index is -0.499. The summed E-state index contributed by atoms with van der Waals surface area (Å²) in [6, 6.07) is 16.1. The lowest BCUT2D eigenvalue weighted by Crippen LogP contribution is -2.13. The highest BCUT2D eigenvalue weighted by atomic mass is 79.9. The average molecular weight is 362 g/mol. The van der Waals surface area contributed by atoms with Crippen LogP contribution in [0.4, 0.5) is 5.69 Å². The second-order valence-corrected chi connectivity index (χ2v) is 5.39. The Balaban J connectivity index is 2.26. The number of hydrogen-bond acceptors (Lipinski definition) is 2. The number of benzene rings is 2. The number of nitriles is 1. The summed E-state index contributed by atoms with van der Waals surface area (Å²) in [4.78, 5) is 12.1. The van der Waals surface area contributed by atoms with Gasteiger partial charge in [0.25, 0.3) is 5.91 Å². The van der Waals surface area contributed by atoms with Gasteiger partial charge in [-0.3, -0.25) is 4.79 Å². The van der Waals surface area contributed by atoms with E-state index in [0.717, 1.165) is 10.0 Å². The fraction of sp³-hybridized carbons (Fsp3) is 0. The summed E-state index contributed by atoms with van der Waals surface area (Å²) >= 11 is 9.35. The van der Waals surface area contributed by atoms with Crippen molar-refractivity contribution in [2.75, 3.05) is 5.32 Å². The predicted octanol–water partition coefficient (Wildman–Crippen LogP) is 4.65. The Bertz CT molecular complexity index is 750. The standard InChI is InChI=1S/C16H10BrClN2O/c17-13-6-2-1-5-11(13)9-12(10-19)16(21)20-15-8-4-3-7-14(15)18/h1-9H,(H,20,21). The summed E-state index contributed by atoms with van der Waals surface area (Å²) in [5.74, 6) is -0.499. The Morgan fingerprint density at radius 3 is 2.52 bits per heavy atom. The molecule has 3 nitrogen and oxygen atoms in total. The Hall–Kier alpha value is -2.09. The maximum absolute atomic E-state index is 12.1. The van der Waals surface area contributed by atoms with Gasteiger partial charge in [0.2, 0.25) is 0 Å². The normalized spacial score (nSPS) is 10.8. The van der Waals surface area contributed by atoms with Crippen molar-refractivity contribution >= 4 is 45.2 Å². The quantitative estimate of drug-likeness (QED) is 0.639. The lowest BCUT2D eigenvalue weighted by Gasteiger charge is -2.06. The predicted molar refractivity (Wildman–Crippen MR) is 87.8 cm³/mol. The second kappa shape index (κ2) is 7.07. The van der Waals surface area contributed by atoms with Crippen LogP contribution in [0.5, 0.6) is 0 Å². The summed E-state index contributed by atoms with van der Waals surface area (Å²) in [5.41, 5.74) is 1.22.